The number of hydrogen-bond donors (Lipinski definition) is 2. The van der Waals surface area contributed by atoms with Gasteiger partial charge < -0.3 is 9.84 Å². The molecule has 1 amide bonds. The molecule has 0 saturated carbocycles. The van der Waals surface area contributed by atoms with Gasteiger partial charge in [-0.15, -0.1) is 0 Å². The Morgan fingerprint density at radius 2 is 2.00 bits per heavy atom. The van der Waals surface area contributed by atoms with E-state index in [0.29, 0.717) is 5.69 Å². The maximum atomic E-state index is 12.0. The van der Waals surface area contributed by atoms with Crippen LogP contribution in [-0.2, 0) is 0 Å². The average molecular weight is 300 g/mol. The van der Waals surface area contributed by atoms with E-state index in [2.05, 4.69) is 30.1 Å². The zero-order chi connectivity index (χ0) is 15.7. The quantitative estimate of drug-likeness (QED) is 0.739. The fourth-order valence-corrected chi connectivity index (χ4v) is 1.93. The number of nitrogens with zero attached hydrogens (tertiary/aromatic N) is 4. The van der Waals surface area contributed by atoms with Crippen LogP contribution >= 0.6 is 0 Å². The van der Waals surface area contributed by atoms with E-state index in [9.17, 15) is 9.59 Å². The van der Waals surface area contributed by atoms with E-state index in [0.717, 1.165) is 16.1 Å². The number of carbonyl (C=O) groups is 1. The second-order valence-corrected chi connectivity index (χ2v) is 4.66. The second kappa shape index (κ2) is 5.28. The molecule has 0 radical (unpaired) electrons. The van der Waals surface area contributed by atoms with Gasteiger partial charge in [-0.25, -0.2) is 9.97 Å². The SMILES string of the molecule is Cc1cc(C)nc(-n2[nH]c(C(=O)Nc3cnoc3)cc2=O)n1. The van der Waals surface area contributed by atoms with Crippen molar-refractivity contribution >= 4 is 11.6 Å². The van der Waals surface area contributed by atoms with Gasteiger partial charge in [0.2, 0.25) is 0 Å². The van der Waals surface area contributed by atoms with Gasteiger partial charge in [-0.05, 0) is 19.9 Å². The Balaban J connectivity index is 1.93. The molecule has 0 saturated heterocycles. The van der Waals surface area contributed by atoms with E-state index in [1.54, 1.807) is 19.9 Å². The molecule has 0 aliphatic carbocycles. The van der Waals surface area contributed by atoms with Gasteiger partial charge in [0.05, 0.1) is 6.20 Å². The Hall–Kier alpha value is -3.23. The highest BCUT2D eigenvalue weighted by Crippen LogP contribution is 2.07. The third-order valence-electron chi connectivity index (χ3n) is 2.83. The molecule has 0 aliphatic heterocycles. The highest BCUT2D eigenvalue weighted by molar-refractivity contribution is 6.02. The Morgan fingerprint density at radius 3 is 2.64 bits per heavy atom. The maximum Gasteiger partial charge on any atom is 0.274 e. The molecular weight excluding hydrogens is 288 g/mol. The predicted octanol–water partition coefficient (Wildman–Crippen LogP) is 0.813. The topological polar surface area (TPSA) is 119 Å². The molecule has 2 N–H and O–H groups in total. The first-order valence-electron chi connectivity index (χ1n) is 6.38. The summed E-state index contributed by atoms with van der Waals surface area (Å²) in [6.07, 6.45) is 2.63. The first-order valence-corrected chi connectivity index (χ1v) is 6.38. The van der Waals surface area contributed by atoms with E-state index < -0.39 is 11.5 Å². The van der Waals surface area contributed by atoms with Gasteiger partial charge in [-0.1, -0.05) is 5.16 Å². The number of rotatable bonds is 3. The van der Waals surface area contributed by atoms with Gasteiger partial charge in [0.1, 0.15) is 17.6 Å². The minimum absolute atomic E-state index is 0.0777. The summed E-state index contributed by atoms with van der Waals surface area (Å²) in [6, 6.07) is 2.96. The van der Waals surface area contributed by atoms with Crippen molar-refractivity contribution in [3.8, 4) is 5.95 Å². The highest BCUT2D eigenvalue weighted by atomic mass is 16.5. The Kier molecular flexibility index (Phi) is 3.30. The molecular formula is C13H12N6O3. The van der Waals surface area contributed by atoms with Crippen molar-refractivity contribution in [2.24, 2.45) is 0 Å². The molecule has 112 valence electrons. The van der Waals surface area contributed by atoms with Crippen molar-refractivity contribution in [1.82, 2.24) is 24.9 Å². The number of amides is 1. The number of hydrogen-bond acceptors (Lipinski definition) is 6. The lowest BCUT2D eigenvalue weighted by molar-refractivity contribution is 0.102. The van der Waals surface area contributed by atoms with Crippen LogP contribution in [0.5, 0.6) is 0 Å². The minimum atomic E-state index is -0.497. The third kappa shape index (κ3) is 2.64. The molecule has 3 rings (SSSR count). The van der Waals surface area contributed by atoms with Crippen molar-refractivity contribution in [1.29, 1.82) is 0 Å². The molecule has 3 heterocycles. The zero-order valence-electron chi connectivity index (χ0n) is 11.8. The Labute approximate surface area is 124 Å². The summed E-state index contributed by atoms with van der Waals surface area (Å²) in [5.41, 5.74) is 1.48. The molecule has 3 aromatic heterocycles. The molecule has 0 aliphatic rings. The number of anilines is 1. The van der Waals surface area contributed by atoms with Gasteiger partial charge in [-0.2, -0.15) is 4.68 Å². The smallest absolute Gasteiger partial charge is 0.274 e. The molecule has 0 aromatic carbocycles. The van der Waals surface area contributed by atoms with E-state index in [1.807, 2.05) is 0 Å². The van der Waals surface area contributed by atoms with Crippen LogP contribution in [0, 0.1) is 13.8 Å². The number of H-pyrrole nitrogens is 1. The molecule has 22 heavy (non-hydrogen) atoms. The lowest BCUT2D eigenvalue weighted by Crippen LogP contribution is -2.17. The lowest BCUT2D eigenvalue weighted by Gasteiger charge is -2.03. The standard InChI is InChI=1S/C13H12N6O3/c1-7-3-8(2)16-13(15-7)19-11(20)4-10(18-19)12(21)17-9-5-14-22-6-9/h3-6,18H,1-2H3,(H,17,21). The van der Waals surface area contributed by atoms with Crippen molar-refractivity contribution in [2.45, 2.75) is 13.8 Å². The fraction of sp³-hybridized carbons (Fsp3) is 0.154. The maximum absolute atomic E-state index is 12.0. The molecule has 0 bridgehead atoms. The largest absolute Gasteiger partial charge is 0.363 e. The first-order chi connectivity index (χ1) is 10.5. The summed E-state index contributed by atoms with van der Waals surface area (Å²) < 4.78 is 5.73. The van der Waals surface area contributed by atoms with Crippen molar-refractivity contribution in [3.05, 3.63) is 52.0 Å². The van der Waals surface area contributed by atoms with Crippen LogP contribution in [0.25, 0.3) is 5.95 Å². The summed E-state index contributed by atoms with van der Waals surface area (Å²) in [5.74, 6) is -0.310. The monoisotopic (exact) mass is 300 g/mol. The van der Waals surface area contributed by atoms with Gasteiger partial charge in [-0.3, -0.25) is 14.7 Å². The highest BCUT2D eigenvalue weighted by Gasteiger charge is 2.14. The van der Waals surface area contributed by atoms with Crippen LogP contribution < -0.4 is 10.9 Å². The third-order valence-corrected chi connectivity index (χ3v) is 2.83. The van der Waals surface area contributed by atoms with E-state index in [-0.39, 0.29) is 11.6 Å². The van der Waals surface area contributed by atoms with Crippen LogP contribution in [0.3, 0.4) is 0 Å². The minimum Gasteiger partial charge on any atom is -0.363 e. The number of carbonyl (C=O) groups excluding carboxylic acids is 1. The van der Waals surface area contributed by atoms with Crippen LogP contribution in [0.2, 0.25) is 0 Å². The summed E-state index contributed by atoms with van der Waals surface area (Å²) in [4.78, 5) is 32.4. The van der Waals surface area contributed by atoms with E-state index in [4.69, 9.17) is 0 Å². The molecule has 0 fully saturated rings. The molecule has 9 nitrogen and oxygen atoms in total. The van der Waals surface area contributed by atoms with Gasteiger partial charge in [0.25, 0.3) is 17.4 Å². The fourth-order valence-electron chi connectivity index (χ4n) is 1.93. The summed E-state index contributed by atoms with van der Waals surface area (Å²) >= 11 is 0. The van der Waals surface area contributed by atoms with E-state index in [1.165, 1.54) is 18.5 Å². The second-order valence-electron chi connectivity index (χ2n) is 4.66. The summed E-state index contributed by atoms with van der Waals surface area (Å²) in [7, 11) is 0. The number of nitrogens with one attached hydrogen (secondary N) is 2. The Bertz CT molecular complexity index is 857. The van der Waals surface area contributed by atoms with Crippen LogP contribution in [0.15, 0.2) is 33.9 Å². The normalized spacial score (nSPS) is 10.6. The number of aromatic amines is 1. The summed E-state index contributed by atoms with van der Waals surface area (Å²) in [6.45, 7) is 3.59. The molecule has 0 unspecified atom stereocenters. The van der Waals surface area contributed by atoms with Crippen molar-refractivity contribution < 1.29 is 9.32 Å². The molecule has 3 aromatic rings. The van der Waals surface area contributed by atoms with Crippen LogP contribution in [0.4, 0.5) is 5.69 Å². The molecule has 0 spiro atoms. The van der Waals surface area contributed by atoms with Crippen LogP contribution in [0.1, 0.15) is 21.9 Å². The van der Waals surface area contributed by atoms with Crippen molar-refractivity contribution in [2.75, 3.05) is 5.32 Å². The lowest BCUT2D eigenvalue weighted by atomic mass is 10.4. The van der Waals surface area contributed by atoms with Crippen molar-refractivity contribution in [3.63, 3.8) is 0 Å². The van der Waals surface area contributed by atoms with Crippen LogP contribution in [-0.4, -0.2) is 30.8 Å². The van der Waals surface area contributed by atoms with Gasteiger partial charge in [0, 0.05) is 17.5 Å². The number of aryl methyl sites for hydroxylation is 2. The first kappa shape index (κ1) is 13.7. The number of aromatic nitrogens is 5. The van der Waals surface area contributed by atoms with E-state index >= 15 is 0 Å². The Morgan fingerprint density at radius 1 is 1.27 bits per heavy atom. The van der Waals surface area contributed by atoms with Gasteiger partial charge >= 0.3 is 0 Å². The molecule has 9 heteroatoms. The predicted molar refractivity (Wildman–Crippen MR) is 75.9 cm³/mol. The molecule has 0 atom stereocenters. The van der Waals surface area contributed by atoms with Gasteiger partial charge in [0.15, 0.2) is 0 Å². The average Bonchev–Trinajstić information content (AvgIpc) is 3.07. The summed E-state index contributed by atoms with van der Waals surface area (Å²) in [5, 5.41) is 8.69. The zero-order valence-corrected chi connectivity index (χ0v) is 11.8.